The molecule has 0 aliphatic carbocycles. The fourth-order valence-electron chi connectivity index (χ4n) is 1.93. The Morgan fingerprint density at radius 2 is 1.95 bits per heavy atom. The van der Waals surface area contributed by atoms with E-state index in [1.165, 1.54) is 6.07 Å². The summed E-state index contributed by atoms with van der Waals surface area (Å²) in [6.07, 6.45) is 3.02. The van der Waals surface area contributed by atoms with Crippen molar-refractivity contribution in [2.45, 2.75) is 31.1 Å². The maximum atomic E-state index is 12.0. The second kappa shape index (κ2) is 7.42. The number of hydrogen-bond donors (Lipinski definition) is 2. The summed E-state index contributed by atoms with van der Waals surface area (Å²) >= 11 is 0. The van der Waals surface area contributed by atoms with E-state index < -0.39 is 10.0 Å². The van der Waals surface area contributed by atoms with Gasteiger partial charge in [0.05, 0.1) is 5.69 Å². The molecule has 0 saturated carbocycles. The first-order valence-corrected chi connectivity index (χ1v) is 8.44. The Morgan fingerprint density at radius 3 is 2.48 bits per heavy atom. The van der Waals surface area contributed by atoms with Crippen molar-refractivity contribution in [3.05, 3.63) is 23.8 Å². The van der Waals surface area contributed by atoms with E-state index in [0.29, 0.717) is 17.8 Å². The number of carbonyl (C=O) groups excluding carboxylic acids is 1. The van der Waals surface area contributed by atoms with Crippen LogP contribution in [0.3, 0.4) is 0 Å². The SMILES string of the molecule is CCCCCNC(=O)c1ccc(N(C)C)c(S(N)(=O)=O)c1. The average molecular weight is 313 g/mol. The van der Waals surface area contributed by atoms with Crippen LogP contribution in [0.4, 0.5) is 5.69 Å². The molecule has 21 heavy (non-hydrogen) atoms. The van der Waals surface area contributed by atoms with Gasteiger partial charge in [0.2, 0.25) is 10.0 Å². The molecule has 3 N–H and O–H groups in total. The second-order valence-corrected chi connectivity index (χ2v) is 6.61. The maximum Gasteiger partial charge on any atom is 0.251 e. The van der Waals surface area contributed by atoms with Gasteiger partial charge in [-0.25, -0.2) is 13.6 Å². The van der Waals surface area contributed by atoms with Crippen LogP contribution in [0.1, 0.15) is 36.5 Å². The molecule has 1 aromatic carbocycles. The highest BCUT2D eigenvalue weighted by Crippen LogP contribution is 2.23. The minimum absolute atomic E-state index is 0.0475. The molecule has 118 valence electrons. The van der Waals surface area contributed by atoms with Gasteiger partial charge in [-0.1, -0.05) is 19.8 Å². The summed E-state index contributed by atoms with van der Waals surface area (Å²) in [6.45, 7) is 2.66. The van der Waals surface area contributed by atoms with Crippen molar-refractivity contribution in [1.82, 2.24) is 5.32 Å². The van der Waals surface area contributed by atoms with Crippen LogP contribution in [0.2, 0.25) is 0 Å². The zero-order chi connectivity index (χ0) is 16.0. The van der Waals surface area contributed by atoms with Gasteiger partial charge in [0, 0.05) is 26.2 Å². The van der Waals surface area contributed by atoms with Gasteiger partial charge in [-0.2, -0.15) is 0 Å². The number of amides is 1. The summed E-state index contributed by atoms with van der Waals surface area (Å²) in [5.74, 6) is -0.290. The normalized spacial score (nSPS) is 11.2. The molecule has 0 heterocycles. The van der Waals surface area contributed by atoms with E-state index in [1.807, 2.05) is 0 Å². The summed E-state index contributed by atoms with van der Waals surface area (Å²) in [5, 5.41) is 7.99. The van der Waals surface area contributed by atoms with Gasteiger partial charge >= 0.3 is 0 Å². The highest BCUT2D eigenvalue weighted by molar-refractivity contribution is 7.89. The van der Waals surface area contributed by atoms with Gasteiger partial charge < -0.3 is 10.2 Å². The molecule has 6 nitrogen and oxygen atoms in total. The first-order valence-electron chi connectivity index (χ1n) is 6.89. The van der Waals surface area contributed by atoms with Gasteiger partial charge in [0.15, 0.2) is 0 Å². The molecule has 0 bridgehead atoms. The summed E-state index contributed by atoms with van der Waals surface area (Å²) < 4.78 is 23.3. The van der Waals surface area contributed by atoms with E-state index in [9.17, 15) is 13.2 Å². The minimum atomic E-state index is -3.89. The molecule has 0 saturated heterocycles. The van der Waals surface area contributed by atoms with Gasteiger partial charge in [0.1, 0.15) is 4.90 Å². The van der Waals surface area contributed by atoms with Crippen LogP contribution >= 0.6 is 0 Å². The third-order valence-electron chi connectivity index (χ3n) is 3.08. The Bertz CT molecular complexity index is 597. The predicted molar refractivity (Wildman–Crippen MR) is 84.0 cm³/mol. The number of hydrogen-bond acceptors (Lipinski definition) is 4. The lowest BCUT2D eigenvalue weighted by Gasteiger charge is -2.17. The first kappa shape index (κ1) is 17.5. The van der Waals surface area contributed by atoms with Crippen molar-refractivity contribution in [2.24, 2.45) is 5.14 Å². The topological polar surface area (TPSA) is 92.5 Å². The van der Waals surface area contributed by atoms with Gasteiger partial charge in [-0.15, -0.1) is 0 Å². The van der Waals surface area contributed by atoms with Crippen LogP contribution in [0.25, 0.3) is 0 Å². The molecule has 0 atom stereocenters. The van der Waals surface area contributed by atoms with Crippen LogP contribution in [0.5, 0.6) is 0 Å². The zero-order valence-electron chi connectivity index (χ0n) is 12.7. The lowest BCUT2D eigenvalue weighted by molar-refractivity contribution is 0.0953. The third-order valence-corrected chi connectivity index (χ3v) is 4.02. The number of anilines is 1. The Labute approximate surface area is 126 Å². The summed E-state index contributed by atoms with van der Waals surface area (Å²) in [7, 11) is -0.452. The molecule has 7 heteroatoms. The monoisotopic (exact) mass is 313 g/mol. The fourth-order valence-corrected chi connectivity index (χ4v) is 2.77. The maximum absolute atomic E-state index is 12.0. The van der Waals surface area contributed by atoms with E-state index in [0.717, 1.165) is 19.3 Å². The molecule has 0 aliphatic rings. The van der Waals surface area contributed by atoms with E-state index >= 15 is 0 Å². The number of nitrogens with one attached hydrogen (secondary N) is 1. The van der Waals surface area contributed by atoms with E-state index in [2.05, 4.69) is 12.2 Å². The lowest BCUT2D eigenvalue weighted by Crippen LogP contribution is -2.25. The number of unbranched alkanes of at least 4 members (excludes halogenated alkanes) is 2. The highest BCUT2D eigenvalue weighted by atomic mass is 32.2. The second-order valence-electron chi connectivity index (χ2n) is 5.08. The van der Waals surface area contributed by atoms with Crippen LogP contribution in [-0.4, -0.2) is 35.0 Å². The molecule has 0 spiro atoms. The van der Waals surface area contributed by atoms with Gasteiger partial charge in [-0.05, 0) is 24.6 Å². The molecular weight excluding hydrogens is 290 g/mol. The molecule has 1 aromatic rings. The Kier molecular flexibility index (Phi) is 6.17. The minimum Gasteiger partial charge on any atom is -0.377 e. The Morgan fingerprint density at radius 1 is 1.29 bits per heavy atom. The molecule has 1 rings (SSSR count). The molecule has 1 amide bonds. The summed E-state index contributed by atoms with van der Waals surface area (Å²) in [6, 6.07) is 4.50. The molecule has 0 aliphatic heterocycles. The lowest BCUT2D eigenvalue weighted by atomic mass is 10.1. The number of rotatable bonds is 7. The molecule has 0 unspecified atom stereocenters. The standard InChI is InChI=1S/C14H23N3O3S/c1-4-5-6-9-16-14(18)11-7-8-12(17(2)3)13(10-11)21(15,19)20/h7-8,10H,4-6,9H2,1-3H3,(H,16,18)(H2,15,19,20). The smallest absolute Gasteiger partial charge is 0.251 e. The molecule has 0 fully saturated rings. The number of primary sulfonamides is 1. The Balaban J connectivity index is 2.98. The van der Waals surface area contributed by atoms with Crippen LogP contribution in [0.15, 0.2) is 23.1 Å². The largest absolute Gasteiger partial charge is 0.377 e. The number of sulfonamides is 1. The van der Waals surface area contributed by atoms with E-state index in [1.54, 1.807) is 31.1 Å². The number of nitrogens with zero attached hydrogens (tertiary/aromatic N) is 1. The highest BCUT2D eigenvalue weighted by Gasteiger charge is 2.18. The molecule has 0 radical (unpaired) electrons. The van der Waals surface area contributed by atoms with E-state index in [4.69, 9.17) is 5.14 Å². The van der Waals surface area contributed by atoms with Crippen molar-refractivity contribution < 1.29 is 13.2 Å². The predicted octanol–water partition coefficient (Wildman–Crippen LogP) is 1.32. The number of benzene rings is 1. The molecule has 0 aromatic heterocycles. The first-order chi connectivity index (χ1) is 9.77. The summed E-state index contributed by atoms with van der Waals surface area (Å²) in [4.78, 5) is 13.6. The van der Waals surface area contributed by atoms with Crippen molar-refractivity contribution >= 4 is 21.6 Å². The van der Waals surface area contributed by atoms with Crippen molar-refractivity contribution in [2.75, 3.05) is 25.5 Å². The van der Waals surface area contributed by atoms with Crippen LogP contribution in [-0.2, 0) is 10.0 Å². The van der Waals surface area contributed by atoms with Crippen molar-refractivity contribution in [3.63, 3.8) is 0 Å². The molecular formula is C14H23N3O3S. The van der Waals surface area contributed by atoms with E-state index in [-0.39, 0.29) is 10.8 Å². The number of carbonyl (C=O) groups is 1. The fraction of sp³-hybridized carbons (Fsp3) is 0.500. The summed E-state index contributed by atoms with van der Waals surface area (Å²) in [5.41, 5.74) is 0.751. The van der Waals surface area contributed by atoms with Crippen LogP contribution < -0.4 is 15.4 Å². The van der Waals surface area contributed by atoms with Crippen molar-refractivity contribution in [1.29, 1.82) is 0 Å². The van der Waals surface area contributed by atoms with Gasteiger partial charge in [0.25, 0.3) is 5.91 Å². The van der Waals surface area contributed by atoms with Crippen molar-refractivity contribution in [3.8, 4) is 0 Å². The number of nitrogens with two attached hydrogens (primary N) is 1. The quantitative estimate of drug-likeness (QED) is 0.743. The zero-order valence-corrected chi connectivity index (χ0v) is 13.5. The third kappa shape index (κ3) is 5.02. The Hall–Kier alpha value is -1.60. The average Bonchev–Trinajstić information content (AvgIpc) is 2.41. The van der Waals surface area contributed by atoms with Gasteiger partial charge in [-0.3, -0.25) is 4.79 Å². The van der Waals surface area contributed by atoms with Crippen LogP contribution in [0, 0.1) is 0 Å².